The lowest BCUT2D eigenvalue weighted by Crippen LogP contribution is -2.18. The summed E-state index contributed by atoms with van der Waals surface area (Å²) in [6.45, 7) is 1.29. The van der Waals surface area contributed by atoms with Crippen LogP contribution >= 0.6 is 7.60 Å². The van der Waals surface area contributed by atoms with Crippen LogP contribution in [0.5, 0.6) is 0 Å². The molecule has 0 amide bonds. The Labute approximate surface area is 64.8 Å². The highest BCUT2D eigenvalue weighted by Crippen LogP contribution is 2.45. The average molecular weight is 178 g/mol. The van der Waals surface area contributed by atoms with Crippen LogP contribution < -0.4 is 0 Å². The number of ketones is 1. The lowest BCUT2D eigenvalue weighted by atomic mass is 10.2. The van der Waals surface area contributed by atoms with Crippen molar-refractivity contribution in [3.8, 4) is 0 Å². The van der Waals surface area contributed by atoms with Gasteiger partial charge in [-0.1, -0.05) is 0 Å². The molecule has 0 heterocycles. The van der Waals surface area contributed by atoms with Crippen LogP contribution in [-0.4, -0.2) is 21.2 Å². The summed E-state index contributed by atoms with van der Waals surface area (Å²) >= 11 is 0. The van der Waals surface area contributed by atoms with Gasteiger partial charge in [-0.2, -0.15) is 0 Å². The molecule has 11 heavy (non-hydrogen) atoms. The molecule has 0 aromatic heterocycles. The maximum Gasteiger partial charge on any atom is 0.335 e. The summed E-state index contributed by atoms with van der Waals surface area (Å²) in [6.07, 6.45) is 1.59. The molecule has 4 nitrogen and oxygen atoms in total. The van der Waals surface area contributed by atoms with Crippen LogP contribution in [0.15, 0.2) is 0 Å². The molecule has 1 aliphatic rings. The fourth-order valence-electron chi connectivity index (χ4n) is 0.875. The second-order valence-corrected chi connectivity index (χ2v) is 4.89. The molecule has 0 aromatic carbocycles. The topological polar surface area (TPSA) is 74.6 Å². The van der Waals surface area contributed by atoms with Gasteiger partial charge in [0.05, 0.1) is 0 Å². The fourth-order valence-corrected chi connectivity index (χ4v) is 1.42. The number of hydrogen-bond acceptors (Lipinski definition) is 2. The van der Waals surface area contributed by atoms with E-state index in [1.165, 1.54) is 6.92 Å². The molecular weight excluding hydrogens is 167 g/mol. The molecule has 1 unspecified atom stereocenters. The van der Waals surface area contributed by atoms with Crippen molar-refractivity contribution in [2.75, 3.05) is 0 Å². The first kappa shape index (κ1) is 8.91. The zero-order valence-electron chi connectivity index (χ0n) is 6.23. The molecule has 0 bridgehead atoms. The van der Waals surface area contributed by atoms with Crippen molar-refractivity contribution < 1.29 is 19.1 Å². The Morgan fingerprint density at radius 2 is 2.00 bits per heavy atom. The maximum absolute atomic E-state index is 11.1. The SMILES string of the molecule is CC(C(=O)C1CC1)P(=O)(O)O. The molecule has 64 valence electrons. The summed E-state index contributed by atoms with van der Waals surface area (Å²) in [6, 6.07) is 0. The van der Waals surface area contributed by atoms with Crippen LogP contribution in [0.2, 0.25) is 0 Å². The molecule has 0 radical (unpaired) electrons. The van der Waals surface area contributed by atoms with Crippen molar-refractivity contribution in [3.63, 3.8) is 0 Å². The Bertz CT molecular complexity index is 215. The van der Waals surface area contributed by atoms with E-state index in [4.69, 9.17) is 9.79 Å². The summed E-state index contributed by atoms with van der Waals surface area (Å²) in [7, 11) is -4.18. The van der Waals surface area contributed by atoms with Crippen molar-refractivity contribution in [2.24, 2.45) is 5.92 Å². The molecule has 0 spiro atoms. The fraction of sp³-hybridized carbons (Fsp3) is 0.833. The second-order valence-electron chi connectivity index (χ2n) is 2.94. The van der Waals surface area contributed by atoms with Crippen LogP contribution in [-0.2, 0) is 9.36 Å². The van der Waals surface area contributed by atoms with Crippen LogP contribution in [0, 0.1) is 5.92 Å². The Kier molecular flexibility index (Phi) is 2.19. The van der Waals surface area contributed by atoms with Crippen molar-refractivity contribution in [1.29, 1.82) is 0 Å². The standard InChI is InChI=1S/C6H11O4P/c1-4(11(8,9)10)6(7)5-2-3-5/h4-5H,2-3H2,1H3,(H2,8,9,10). The summed E-state index contributed by atoms with van der Waals surface area (Å²) in [5.74, 6) is -0.351. The zero-order valence-corrected chi connectivity index (χ0v) is 7.12. The van der Waals surface area contributed by atoms with E-state index in [2.05, 4.69) is 0 Å². The van der Waals surface area contributed by atoms with E-state index < -0.39 is 13.3 Å². The van der Waals surface area contributed by atoms with E-state index in [-0.39, 0.29) is 11.7 Å². The third-order valence-electron chi connectivity index (χ3n) is 1.90. The third kappa shape index (κ3) is 2.12. The van der Waals surface area contributed by atoms with Gasteiger partial charge in [-0.05, 0) is 19.8 Å². The van der Waals surface area contributed by atoms with Crippen LogP contribution in [0.3, 0.4) is 0 Å². The maximum atomic E-state index is 11.1. The van der Waals surface area contributed by atoms with E-state index in [1.807, 2.05) is 0 Å². The monoisotopic (exact) mass is 178 g/mol. The van der Waals surface area contributed by atoms with Crippen molar-refractivity contribution in [1.82, 2.24) is 0 Å². The van der Waals surface area contributed by atoms with E-state index in [0.29, 0.717) is 0 Å². The molecule has 1 atom stereocenters. The van der Waals surface area contributed by atoms with Gasteiger partial charge in [0, 0.05) is 5.92 Å². The number of rotatable bonds is 3. The second kappa shape index (κ2) is 2.70. The average Bonchev–Trinajstić information content (AvgIpc) is 2.63. The molecule has 1 aliphatic carbocycles. The Morgan fingerprint density at radius 1 is 1.55 bits per heavy atom. The molecule has 1 rings (SSSR count). The van der Waals surface area contributed by atoms with Gasteiger partial charge in [0.2, 0.25) is 0 Å². The molecule has 0 saturated heterocycles. The smallest absolute Gasteiger partial charge is 0.324 e. The van der Waals surface area contributed by atoms with Crippen molar-refractivity contribution in [2.45, 2.75) is 25.4 Å². The molecule has 5 heteroatoms. The number of Topliss-reactive ketones (excluding diaryl/α,β-unsaturated/α-hetero) is 1. The highest BCUT2D eigenvalue weighted by Gasteiger charge is 2.39. The summed E-state index contributed by atoms with van der Waals surface area (Å²) in [5, 5.41) is 0. The quantitative estimate of drug-likeness (QED) is 0.618. The first-order valence-corrected chi connectivity index (χ1v) is 5.20. The molecule has 1 saturated carbocycles. The number of carbonyl (C=O) groups is 1. The highest BCUT2D eigenvalue weighted by atomic mass is 31.2. The zero-order chi connectivity index (χ0) is 8.65. The van der Waals surface area contributed by atoms with Crippen LogP contribution in [0.1, 0.15) is 19.8 Å². The highest BCUT2D eigenvalue weighted by molar-refractivity contribution is 7.53. The van der Waals surface area contributed by atoms with E-state index in [0.717, 1.165) is 12.8 Å². The third-order valence-corrected chi connectivity index (χ3v) is 3.16. The Balaban J connectivity index is 2.59. The van der Waals surface area contributed by atoms with Gasteiger partial charge >= 0.3 is 7.60 Å². The number of carbonyl (C=O) groups excluding carboxylic acids is 1. The van der Waals surface area contributed by atoms with Gasteiger partial charge in [0.15, 0.2) is 5.78 Å². The van der Waals surface area contributed by atoms with Gasteiger partial charge in [-0.15, -0.1) is 0 Å². The predicted octanol–water partition coefficient (Wildman–Crippen LogP) is 0.532. The first-order chi connectivity index (χ1) is 4.93. The predicted molar refractivity (Wildman–Crippen MR) is 39.2 cm³/mol. The van der Waals surface area contributed by atoms with Gasteiger partial charge < -0.3 is 9.79 Å². The van der Waals surface area contributed by atoms with E-state index in [1.54, 1.807) is 0 Å². The summed E-state index contributed by atoms with van der Waals surface area (Å²) < 4.78 is 10.6. The summed E-state index contributed by atoms with van der Waals surface area (Å²) in [4.78, 5) is 28.3. The van der Waals surface area contributed by atoms with Crippen molar-refractivity contribution >= 4 is 13.4 Å². The Hall–Kier alpha value is -0.180. The minimum absolute atomic E-state index is 0.0716. The van der Waals surface area contributed by atoms with E-state index >= 15 is 0 Å². The van der Waals surface area contributed by atoms with Gasteiger partial charge in [0.25, 0.3) is 0 Å². The van der Waals surface area contributed by atoms with Gasteiger partial charge in [-0.25, -0.2) is 0 Å². The van der Waals surface area contributed by atoms with Crippen LogP contribution in [0.25, 0.3) is 0 Å². The number of hydrogen-bond donors (Lipinski definition) is 2. The van der Waals surface area contributed by atoms with Gasteiger partial charge in [0.1, 0.15) is 5.66 Å². The molecule has 2 N–H and O–H groups in total. The van der Waals surface area contributed by atoms with Crippen molar-refractivity contribution in [3.05, 3.63) is 0 Å². The normalized spacial score (nSPS) is 21.4. The lowest BCUT2D eigenvalue weighted by Gasteiger charge is -2.10. The Morgan fingerprint density at radius 3 is 2.27 bits per heavy atom. The summed E-state index contributed by atoms with van der Waals surface area (Å²) in [5.41, 5.74) is -1.10. The van der Waals surface area contributed by atoms with Gasteiger partial charge in [-0.3, -0.25) is 9.36 Å². The minimum Gasteiger partial charge on any atom is -0.324 e. The minimum atomic E-state index is -4.18. The molecular formula is C6H11O4P. The van der Waals surface area contributed by atoms with E-state index in [9.17, 15) is 9.36 Å². The largest absolute Gasteiger partial charge is 0.335 e. The first-order valence-electron chi connectivity index (χ1n) is 3.52. The molecule has 1 fully saturated rings. The lowest BCUT2D eigenvalue weighted by molar-refractivity contribution is -0.119. The molecule has 0 aromatic rings. The molecule has 0 aliphatic heterocycles. The van der Waals surface area contributed by atoms with Crippen LogP contribution in [0.4, 0.5) is 0 Å².